The predicted octanol–water partition coefficient (Wildman–Crippen LogP) is 4.68. The molecule has 6 nitrogen and oxygen atoms in total. The number of fused-ring (bicyclic) bond motifs is 3. The zero-order valence-corrected chi connectivity index (χ0v) is 15.7. The molecule has 0 aliphatic carbocycles. The molecular formula is C24H16N2O4. The second-order valence-corrected chi connectivity index (χ2v) is 6.97. The van der Waals surface area contributed by atoms with E-state index in [-0.39, 0.29) is 11.1 Å². The molecule has 0 saturated carbocycles. The van der Waals surface area contributed by atoms with Crippen LogP contribution in [0.1, 0.15) is 10.4 Å². The molecule has 0 spiro atoms. The lowest BCUT2D eigenvalue weighted by Gasteiger charge is -2.10. The summed E-state index contributed by atoms with van der Waals surface area (Å²) in [6, 6.07) is 22.6. The van der Waals surface area contributed by atoms with E-state index in [0.29, 0.717) is 28.1 Å². The van der Waals surface area contributed by atoms with E-state index in [2.05, 4.69) is 0 Å². The van der Waals surface area contributed by atoms with E-state index < -0.39 is 5.97 Å². The topological polar surface area (TPSA) is 98.5 Å². The van der Waals surface area contributed by atoms with E-state index in [4.69, 9.17) is 15.3 Å². The molecule has 30 heavy (non-hydrogen) atoms. The molecular weight excluding hydrogens is 380 g/mol. The van der Waals surface area contributed by atoms with Crippen molar-refractivity contribution in [2.45, 2.75) is 0 Å². The number of rotatable bonds is 3. The normalized spacial score (nSPS) is 11.2. The van der Waals surface area contributed by atoms with Crippen molar-refractivity contribution in [2.75, 3.05) is 5.73 Å². The Balaban J connectivity index is 1.79. The van der Waals surface area contributed by atoms with Gasteiger partial charge in [0.05, 0.1) is 16.9 Å². The average molecular weight is 396 g/mol. The van der Waals surface area contributed by atoms with Gasteiger partial charge in [-0.3, -0.25) is 9.36 Å². The van der Waals surface area contributed by atoms with Gasteiger partial charge >= 0.3 is 5.97 Å². The van der Waals surface area contributed by atoms with Crippen LogP contribution in [0.15, 0.2) is 88.1 Å². The van der Waals surface area contributed by atoms with Gasteiger partial charge in [-0.25, -0.2) is 4.79 Å². The molecule has 5 rings (SSSR count). The number of carboxylic acid groups (broad SMARTS) is 1. The molecule has 3 N–H and O–H groups in total. The molecule has 0 bridgehead atoms. The number of anilines is 1. The summed E-state index contributed by atoms with van der Waals surface area (Å²) in [6.07, 6.45) is 0. The van der Waals surface area contributed by atoms with Crippen LogP contribution in [0.3, 0.4) is 0 Å². The molecule has 146 valence electrons. The maximum absolute atomic E-state index is 12.8. The molecule has 5 aromatic rings. The lowest BCUT2D eigenvalue weighted by Crippen LogP contribution is -2.18. The third-order valence-corrected chi connectivity index (χ3v) is 5.15. The zero-order valence-electron chi connectivity index (χ0n) is 15.7. The number of pyridine rings is 1. The number of nitrogens with two attached hydrogens (primary N) is 1. The Hall–Kier alpha value is -4.32. The highest BCUT2D eigenvalue weighted by molar-refractivity contribution is 6.05. The minimum atomic E-state index is -0.970. The van der Waals surface area contributed by atoms with Crippen molar-refractivity contribution < 1.29 is 14.3 Å². The number of nitrogens with zero attached hydrogens (tertiary/aromatic N) is 1. The fourth-order valence-electron chi connectivity index (χ4n) is 3.69. The molecule has 2 aromatic heterocycles. The second-order valence-electron chi connectivity index (χ2n) is 6.97. The van der Waals surface area contributed by atoms with E-state index in [1.807, 2.05) is 30.3 Å². The van der Waals surface area contributed by atoms with Crippen LogP contribution in [-0.2, 0) is 0 Å². The van der Waals surface area contributed by atoms with Crippen molar-refractivity contribution in [3.05, 3.63) is 94.8 Å². The minimum Gasteiger partial charge on any atom is -0.478 e. The third kappa shape index (κ3) is 2.74. The molecule has 0 aliphatic heterocycles. The Morgan fingerprint density at radius 2 is 1.57 bits per heavy atom. The van der Waals surface area contributed by atoms with Crippen LogP contribution in [0.25, 0.3) is 38.9 Å². The standard InChI is InChI=1S/C24H16N2O4/c25-18-3-1-2-4-19(18)26-22(27)12-11-21-23(26)17-13-16(9-10-20(17)30-21)14-5-7-15(8-6-14)24(28)29/h1-13H,25H2,(H,28,29). The number of para-hydroxylation sites is 2. The maximum Gasteiger partial charge on any atom is 0.335 e. The number of benzene rings is 3. The fraction of sp³-hybridized carbons (Fsp3) is 0. The highest BCUT2D eigenvalue weighted by atomic mass is 16.4. The maximum atomic E-state index is 12.8. The van der Waals surface area contributed by atoms with Gasteiger partial charge in [-0.2, -0.15) is 0 Å². The SMILES string of the molecule is Nc1ccccc1-n1c(=O)ccc2oc3ccc(-c4ccc(C(=O)O)cc4)cc3c21. The van der Waals surface area contributed by atoms with E-state index in [9.17, 15) is 9.59 Å². The summed E-state index contributed by atoms with van der Waals surface area (Å²) in [5, 5.41) is 9.88. The second kappa shape index (κ2) is 6.63. The molecule has 0 saturated heterocycles. The van der Waals surface area contributed by atoms with Crippen molar-refractivity contribution in [3.63, 3.8) is 0 Å². The van der Waals surface area contributed by atoms with E-state index >= 15 is 0 Å². The number of nitrogen functional groups attached to an aromatic ring is 1. The van der Waals surface area contributed by atoms with Gasteiger partial charge in [-0.05, 0) is 53.6 Å². The summed E-state index contributed by atoms with van der Waals surface area (Å²) in [7, 11) is 0. The summed E-state index contributed by atoms with van der Waals surface area (Å²) in [4.78, 5) is 23.9. The Morgan fingerprint density at radius 1 is 0.867 bits per heavy atom. The number of hydrogen-bond acceptors (Lipinski definition) is 4. The van der Waals surface area contributed by atoms with Gasteiger partial charge in [0, 0.05) is 11.5 Å². The quantitative estimate of drug-likeness (QED) is 0.431. The van der Waals surface area contributed by atoms with Crippen molar-refractivity contribution >= 4 is 33.7 Å². The lowest BCUT2D eigenvalue weighted by atomic mass is 10.0. The Labute approximate surface area is 170 Å². The molecule has 0 aliphatic rings. The van der Waals surface area contributed by atoms with Crippen LogP contribution >= 0.6 is 0 Å². The lowest BCUT2D eigenvalue weighted by molar-refractivity contribution is 0.0697. The molecule has 0 unspecified atom stereocenters. The van der Waals surface area contributed by atoms with Gasteiger partial charge in [0.15, 0.2) is 5.58 Å². The molecule has 3 aromatic carbocycles. The van der Waals surface area contributed by atoms with Crippen LogP contribution in [-0.4, -0.2) is 15.6 Å². The summed E-state index contributed by atoms with van der Waals surface area (Å²) in [6.45, 7) is 0. The first-order valence-corrected chi connectivity index (χ1v) is 9.30. The number of aromatic carboxylic acids is 1. The molecule has 0 radical (unpaired) electrons. The number of carbonyl (C=O) groups is 1. The summed E-state index contributed by atoms with van der Waals surface area (Å²) in [5.41, 5.74) is 10.8. The molecule has 6 heteroatoms. The van der Waals surface area contributed by atoms with Crippen LogP contribution in [0.4, 0.5) is 5.69 Å². The van der Waals surface area contributed by atoms with Gasteiger partial charge < -0.3 is 15.3 Å². The summed E-state index contributed by atoms with van der Waals surface area (Å²) in [5.74, 6) is -0.970. The van der Waals surface area contributed by atoms with E-state index in [1.54, 1.807) is 47.0 Å². The largest absolute Gasteiger partial charge is 0.478 e. The first kappa shape index (κ1) is 17.8. The van der Waals surface area contributed by atoms with Crippen molar-refractivity contribution in [1.29, 1.82) is 0 Å². The Morgan fingerprint density at radius 3 is 2.30 bits per heavy atom. The molecule has 0 amide bonds. The van der Waals surface area contributed by atoms with E-state index in [0.717, 1.165) is 16.5 Å². The van der Waals surface area contributed by atoms with Crippen molar-refractivity contribution in [2.24, 2.45) is 0 Å². The number of carboxylic acids is 1. The first-order valence-electron chi connectivity index (χ1n) is 9.30. The average Bonchev–Trinajstić information content (AvgIpc) is 3.12. The monoisotopic (exact) mass is 396 g/mol. The van der Waals surface area contributed by atoms with Gasteiger partial charge in [0.1, 0.15) is 11.1 Å². The smallest absolute Gasteiger partial charge is 0.335 e. The van der Waals surface area contributed by atoms with Crippen LogP contribution < -0.4 is 11.3 Å². The Kier molecular flexibility index (Phi) is 3.93. The number of aromatic nitrogens is 1. The highest BCUT2D eigenvalue weighted by Crippen LogP contribution is 2.33. The molecule has 0 atom stereocenters. The van der Waals surface area contributed by atoms with Crippen LogP contribution in [0.2, 0.25) is 0 Å². The molecule has 0 fully saturated rings. The van der Waals surface area contributed by atoms with Gasteiger partial charge in [0.2, 0.25) is 0 Å². The zero-order chi connectivity index (χ0) is 20.8. The minimum absolute atomic E-state index is 0.209. The Bertz CT molecular complexity index is 1490. The van der Waals surface area contributed by atoms with Gasteiger partial charge in [0.25, 0.3) is 5.56 Å². The van der Waals surface area contributed by atoms with Gasteiger partial charge in [-0.1, -0.05) is 30.3 Å². The summed E-state index contributed by atoms with van der Waals surface area (Å²) < 4.78 is 7.54. The number of hydrogen-bond donors (Lipinski definition) is 2. The first-order chi connectivity index (χ1) is 14.5. The third-order valence-electron chi connectivity index (χ3n) is 5.15. The van der Waals surface area contributed by atoms with Crippen molar-refractivity contribution in [1.82, 2.24) is 4.57 Å². The van der Waals surface area contributed by atoms with Crippen LogP contribution in [0.5, 0.6) is 0 Å². The fourth-order valence-corrected chi connectivity index (χ4v) is 3.69. The highest BCUT2D eigenvalue weighted by Gasteiger charge is 2.16. The van der Waals surface area contributed by atoms with E-state index in [1.165, 1.54) is 6.07 Å². The summed E-state index contributed by atoms with van der Waals surface area (Å²) >= 11 is 0. The predicted molar refractivity (Wildman–Crippen MR) is 116 cm³/mol. The van der Waals surface area contributed by atoms with Gasteiger partial charge in [-0.15, -0.1) is 0 Å². The van der Waals surface area contributed by atoms with Crippen molar-refractivity contribution in [3.8, 4) is 16.8 Å². The molecule has 2 heterocycles. The number of furan rings is 1. The van der Waals surface area contributed by atoms with Crippen LogP contribution in [0, 0.1) is 0 Å².